The normalized spacial score (nSPS) is 17.8. The zero-order valence-corrected chi connectivity index (χ0v) is 14.6. The SMILES string of the molecule is COCc1noc(CC2CN(C(=O)CCc3cnn(C)c3)CCO2)n1. The number of rotatable bonds is 7. The summed E-state index contributed by atoms with van der Waals surface area (Å²) in [6.07, 6.45) is 5.25. The van der Waals surface area contributed by atoms with Gasteiger partial charge in [0.1, 0.15) is 6.61 Å². The molecule has 1 fully saturated rings. The predicted molar refractivity (Wildman–Crippen MR) is 86.6 cm³/mol. The number of carbonyl (C=O) groups excluding carboxylic acids is 1. The lowest BCUT2D eigenvalue weighted by atomic mass is 10.1. The number of hydrogen-bond donors (Lipinski definition) is 0. The van der Waals surface area contributed by atoms with Gasteiger partial charge >= 0.3 is 0 Å². The van der Waals surface area contributed by atoms with Crippen LogP contribution in [0.25, 0.3) is 0 Å². The molecule has 9 heteroatoms. The lowest BCUT2D eigenvalue weighted by Crippen LogP contribution is -2.46. The zero-order valence-electron chi connectivity index (χ0n) is 14.6. The van der Waals surface area contributed by atoms with Crippen molar-refractivity contribution in [2.24, 2.45) is 7.05 Å². The summed E-state index contributed by atoms with van der Waals surface area (Å²) in [5, 5.41) is 7.96. The molecular formula is C16H23N5O4. The first-order valence-electron chi connectivity index (χ1n) is 8.31. The van der Waals surface area contributed by atoms with Gasteiger partial charge in [0.25, 0.3) is 0 Å². The van der Waals surface area contributed by atoms with Crippen molar-refractivity contribution in [3.8, 4) is 0 Å². The Morgan fingerprint density at radius 2 is 2.36 bits per heavy atom. The van der Waals surface area contributed by atoms with Gasteiger partial charge in [0.15, 0.2) is 5.82 Å². The maximum absolute atomic E-state index is 12.4. The molecule has 2 aromatic heterocycles. The Hall–Kier alpha value is -2.26. The summed E-state index contributed by atoms with van der Waals surface area (Å²) < 4.78 is 17.6. The monoisotopic (exact) mass is 349 g/mol. The second-order valence-corrected chi connectivity index (χ2v) is 6.10. The molecule has 1 unspecified atom stereocenters. The molecule has 0 radical (unpaired) electrons. The molecule has 0 saturated carbocycles. The van der Waals surface area contributed by atoms with Gasteiger partial charge in [-0.3, -0.25) is 9.48 Å². The van der Waals surface area contributed by atoms with Crippen LogP contribution < -0.4 is 0 Å². The van der Waals surface area contributed by atoms with Crippen molar-refractivity contribution in [3.05, 3.63) is 29.7 Å². The fourth-order valence-corrected chi connectivity index (χ4v) is 2.84. The standard InChI is InChI=1S/C16H23N5O4/c1-20-9-12(8-17-20)3-4-16(22)21-5-6-24-13(10-21)7-15-18-14(11-23-2)19-25-15/h8-9,13H,3-7,10-11H2,1-2H3. The van der Waals surface area contributed by atoms with Crippen LogP contribution in [-0.2, 0) is 40.8 Å². The maximum atomic E-state index is 12.4. The van der Waals surface area contributed by atoms with Gasteiger partial charge in [-0.1, -0.05) is 5.16 Å². The largest absolute Gasteiger partial charge is 0.377 e. The second kappa shape index (κ2) is 8.21. The van der Waals surface area contributed by atoms with Gasteiger partial charge in [0, 0.05) is 39.9 Å². The highest BCUT2D eigenvalue weighted by Crippen LogP contribution is 2.13. The van der Waals surface area contributed by atoms with Crippen molar-refractivity contribution < 1.29 is 18.8 Å². The number of aromatic nitrogens is 4. The van der Waals surface area contributed by atoms with Crippen molar-refractivity contribution in [3.63, 3.8) is 0 Å². The average Bonchev–Trinajstić information content (AvgIpc) is 3.22. The van der Waals surface area contributed by atoms with Crippen LogP contribution in [-0.4, -0.2) is 63.6 Å². The van der Waals surface area contributed by atoms with E-state index in [0.717, 1.165) is 5.56 Å². The maximum Gasteiger partial charge on any atom is 0.229 e. The summed E-state index contributed by atoms with van der Waals surface area (Å²) in [5.74, 6) is 1.14. The van der Waals surface area contributed by atoms with Gasteiger partial charge in [-0.05, 0) is 12.0 Å². The Morgan fingerprint density at radius 3 is 3.12 bits per heavy atom. The van der Waals surface area contributed by atoms with E-state index in [1.165, 1.54) is 0 Å². The fraction of sp³-hybridized carbons (Fsp3) is 0.625. The summed E-state index contributed by atoms with van der Waals surface area (Å²) in [7, 11) is 3.45. The number of hydrogen-bond acceptors (Lipinski definition) is 7. The molecule has 1 amide bonds. The number of amides is 1. The Morgan fingerprint density at radius 1 is 1.48 bits per heavy atom. The highest BCUT2D eigenvalue weighted by atomic mass is 16.5. The molecule has 136 valence electrons. The number of morpholine rings is 1. The summed E-state index contributed by atoms with van der Waals surface area (Å²) in [6, 6.07) is 0. The van der Waals surface area contributed by atoms with Gasteiger partial charge in [-0.25, -0.2) is 0 Å². The first-order chi connectivity index (χ1) is 12.1. The molecule has 0 aromatic carbocycles. The van der Waals surface area contributed by atoms with E-state index in [9.17, 15) is 4.79 Å². The van der Waals surface area contributed by atoms with Crippen LogP contribution in [0, 0.1) is 0 Å². The number of carbonyl (C=O) groups is 1. The van der Waals surface area contributed by atoms with Crippen molar-refractivity contribution in [1.82, 2.24) is 24.8 Å². The number of ether oxygens (including phenoxy) is 2. The van der Waals surface area contributed by atoms with Crippen molar-refractivity contribution in [2.75, 3.05) is 26.8 Å². The van der Waals surface area contributed by atoms with Crippen molar-refractivity contribution in [2.45, 2.75) is 32.0 Å². The van der Waals surface area contributed by atoms with E-state index in [1.807, 2.05) is 18.1 Å². The molecule has 0 spiro atoms. The van der Waals surface area contributed by atoms with Crippen LogP contribution >= 0.6 is 0 Å². The van der Waals surface area contributed by atoms with E-state index in [0.29, 0.717) is 57.3 Å². The molecule has 9 nitrogen and oxygen atoms in total. The first kappa shape index (κ1) is 17.6. The molecule has 1 aliphatic heterocycles. The highest BCUT2D eigenvalue weighted by Gasteiger charge is 2.26. The Bertz CT molecular complexity index is 698. The summed E-state index contributed by atoms with van der Waals surface area (Å²) in [6.45, 7) is 1.98. The molecule has 2 aromatic rings. The van der Waals surface area contributed by atoms with E-state index in [-0.39, 0.29) is 12.0 Å². The molecule has 0 aliphatic carbocycles. The molecule has 3 rings (SSSR count). The fourth-order valence-electron chi connectivity index (χ4n) is 2.84. The molecule has 1 atom stereocenters. The number of aryl methyl sites for hydroxylation is 2. The Kier molecular flexibility index (Phi) is 5.77. The molecule has 0 N–H and O–H groups in total. The second-order valence-electron chi connectivity index (χ2n) is 6.10. The third-order valence-electron chi connectivity index (χ3n) is 4.06. The molecule has 1 aliphatic rings. The molecule has 0 bridgehead atoms. The summed E-state index contributed by atoms with van der Waals surface area (Å²) in [5.41, 5.74) is 1.07. The number of nitrogens with zero attached hydrogens (tertiary/aromatic N) is 5. The molecule has 25 heavy (non-hydrogen) atoms. The van der Waals surface area contributed by atoms with Crippen LogP contribution in [0.4, 0.5) is 0 Å². The van der Waals surface area contributed by atoms with Crippen LogP contribution in [0.2, 0.25) is 0 Å². The average molecular weight is 349 g/mol. The molecule has 3 heterocycles. The first-order valence-corrected chi connectivity index (χ1v) is 8.31. The van der Waals surface area contributed by atoms with Gasteiger partial charge in [0.2, 0.25) is 11.8 Å². The zero-order chi connectivity index (χ0) is 17.6. The van der Waals surface area contributed by atoms with E-state index in [4.69, 9.17) is 14.0 Å². The van der Waals surface area contributed by atoms with Crippen molar-refractivity contribution >= 4 is 5.91 Å². The van der Waals surface area contributed by atoms with Crippen LogP contribution in [0.1, 0.15) is 23.7 Å². The topological polar surface area (TPSA) is 95.5 Å². The number of methoxy groups -OCH3 is 1. The van der Waals surface area contributed by atoms with E-state index >= 15 is 0 Å². The molecule has 1 saturated heterocycles. The minimum Gasteiger partial charge on any atom is -0.377 e. The lowest BCUT2D eigenvalue weighted by Gasteiger charge is -2.32. The van der Waals surface area contributed by atoms with Crippen molar-refractivity contribution in [1.29, 1.82) is 0 Å². The molecular weight excluding hydrogens is 326 g/mol. The third-order valence-corrected chi connectivity index (χ3v) is 4.06. The predicted octanol–water partition coefficient (Wildman–Crippen LogP) is 0.352. The Balaban J connectivity index is 1.48. The Labute approximate surface area is 145 Å². The van der Waals surface area contributed by atoms with Gasteiger partial charge in [-0.15, -0.1) is 0 Å². The van der Waals surface area contributed by atoms with Gasteiger partial charge in [0.05, 0.1) is 25.3 Å². The highest BCUT2D eigenvalue weighted by molar-refractivity contribution is 5.76. The quantitative estimate of drug-likeness (QED) is 0.712. The minimum absolute atomic E-state index is 0.128. The van der Waals surface area contributed by atoms with Crippen LogP contribution in [0.3, 0.4) is 0 Å². The summed E-state index contributed by atoms with van der Waals surface area (Å²) in [4.78, 5) is 18.5. The van der Waals surface area contributed by atoms with Gasteiger partial charge < -0.3 is 18.9 Å². The van der Waals surface area contributed by atoms with Gasteiger partial charge in [-0.2, -0.15) is 10.1 Å². The third kappa shape index (κ3) is 4.86. The smallest absolute Gasteiger partial charge is 0.229 e. The van der Waals surface area contributed by atoms with E-state index in [2.05, 4.69) is 15.2 Å². The summed E-state index contributed by atoms with van der Waals surface area (Å²) >= 11 is 0. The lowest BCUT2D eigenvalue weighted by molar-refractivity contribution is -0.138. The van der Waals surface area contributed by atoms with Crippen LogP contribution in [0.15, 0.2) is 16.9 Å². The van der Waals surface area contributed by atoms with E-state index < -0.39 is 0 Å². The van der Waals surface area contributed by atoms with Crippen LogP contribution in [0.5, 0.6) is 0 Å². The van der Waals surface area contributed by atoms with E-state index in [1.54, 1.807) is 18.0 Å². The minimum atomic E-state index is -0.132.